The first kappa shape index (κ1) is 15.7. The molecule has 0 aliphatic heterocycles. The van der Waals surface area contributed by atoms with E-state index in [2.05, 4.69) is 10.7 Å². The molecule has 3 N–H and O–H groups in total. The van der Waals surface area contributed by atoms with Gasteiger partial charge in [-0.15, -0.1) is 6.01 Å². The molecule has 5 heteroatoms. The predicted octanol–water partition coefficient (Wildman–Crippen LogP) is 0.257. The Morgan fingerprint density at radius 3 is 2.12 bits per heavy atom. The van der Waals surface area contributed by atoms with Crippen LogP contribution < -0.4 is 5.73 Å². The van der Waals surface area contributed by atoms with E-state index >= 15 is 0 Å². The van der Waals surface area contributed by atoms with Crippen molar-refractivity contribution in [3.8, 4) is 0 Å². The molecule has 0 aromatic rings. The van der Waals surface area contributed by atoms with Gasteiger partial charge >= 0.3 is 27.7 Å². The standard InChI is InChI=1S/C2H3N4.CH4.Hg/c3-1-6-2(4)5;;/h(H3,4,5);1H4;/q-1;;+1. The van der Waals surface area contributed by atoms with Gasteiger partial charge in [0.25, 0.3) is 0 Å². The van der Waals surface area contributed by atoms with Crippen molar-refractivity contribution >= 4 is 12.0 Å². The summed E-state index contributed by atoms with van der Waals surface area (Å²) in [6.45, 7) is 0. The Bertz CT molecular complexity index is 104. The van der Waals surface area contributed by atoms with Crippen molar-refractivity contribution in [2.75, 3.05) is 0 Å². The number of hydrogen-bond donors (Lipinski definition) is 2. The molecule has 1 radical (unpaired) electrons. The maximum Gasteiger partial charge on any atom is 1.00 e. The second-order valence-electron chi connectivity index (χ2n) is 0.597. The molecule has 0 aromatic heterocycles. The second kappa shape index (κ2) is 9.92. The van der Waals surface area contributed by atoms with Gasteiger partial charge in [-0.3, -0.25) is 5.41 Å². The molecular weight excluding hydrogens is 293 g/mol. The van der Waals surface area contributed by atoms with Crippen LogP contribution in [0.4, 0.5) is 0 Å². The molecule has 0 amide bonds. The number of nitrogens with one attached hydrogen (secondary N) is 1. The van der Waals surface area contributed by atoms with E-state index in [0.717, 1.165) is 0 Å². The predicted molar refractivity (Wildman–Crippen MR) is 29.4 cm³/mol. The summed E-state index contributed by atoms with van der Waals surface area (Å²) >= 11 is 0. The summed E-state index contributed by atoms with van der Waals surface area (Å²) in [6, 6.07) is 1.34. The first-order valence-corrected chi connectivity index (χ1v) is 1.21. The Labute approximate surface area is 68.7 Å². The molecule has 0 spiro atoms. The van der Waals surface area contributed by atoms with Crippen LogP contribution in [0.1, 0.15) is 7.43 Å². The average molecular weight is 300 g/mol. The molecule has 0 unspecified atom stereocenters. The molecule has 0 aliphatic carbocycles. The summed E-state index contributed by atoms with van der Waals surface area (Å²) < 4.78 is 0. The fourth-order valence-electron chi connectivity index (χ4n) is 0.0539. The van der Waals surface area contributed by atoms with Crippen LogP contribution in [0.5, 0.6) is 0 Å². The van der Waals surface area contributed by atoms with Gasteiger partial charge in [0.2, 0.25) is 0 Å². The summed E-state index contributed by atoms with van der Waals surface area (Å²) in [5.74, 6) is -0.447. The molecule has 0 rings (SSSR count). The molecule has 0 saturated heterocycles. The van der Waals surface area contributed by atoms with Gasteiger partial charge in [0.05, 0.1) is 0 Å². The van der Waals surface area contributed by atoms with Crippen molar-refractivity contribution < 1.29 is 27.7 Å². The van der Waals surface area contributed by atoms with Gasteiger partial charge in [0, 0.05) is 0 Å². The molecular formula is C3H7HgN4. The number of nitrogens with two attached hydrogens (primary N) is 1. The van der Waals surface area contributed by atoms with Crippen LogP contribution in [0.3, 0.4) is 0 Å². The van der Waals surface area contributed by atoms with Crippen molar-refractivity contribution in [1.29, 1.82) is 5.41 Å². The van der Waals surface area contributed by atoms with E-state index in [-0.39, 0.29) is 35.1 Å². The monoisotopic (exact) mass is 301 g/mol. The average Bonchev–Trinajstić information content (AvgIpc) is 1.35. The third-order valence-electron chi connectivity index (χ3n) is 0.170. The molecule has 0 heterocycles. The van der Waals surface area contributed by atoms with Crippen molar-refractivity contribution in [2.24, 2.45) is 10.7 Å². The summed E-state index contributed by atoms with van der Waals surface area (Å²) in [6.07, 6.45) is 0. The molecule has 0 bridgehead atoms. The fourth-order valence-corrected chi connectivity index (χ4v) is 0.0539. The zero-order valence-corrected chi connectivity index (χ0v) is 9.18. The van der Waals surface area contributed by atoms with Crippen LogP contribution >= 0.6 is 0 Å². The summed E-state index contributed by atoms with van der Waals surface area (Å²) in [5.41, 5.74) is 4.60. The Kier molecular flexibility index (Phi) is 19.4. The van der Waals surface area contributed by atoms with Crippen molar-refractivity contribution in [1.82, 2.24) is 0 Å². The van der Waals surface area contributed by atoms with Crippen molar-refractivity contribution in [3.63, 3.8) is 0 Å². The molecule has 8 heavy (non-hydrogen) atoms. The Morgan fingerprint density at radius 1 is 1.75 bits per heavy atom. The van der Waals surface area contributed by atoms with Gasteiger partial charge in [-0.2, -0.15) is 0 Å². The summed E-state index contributed by atoms with van der Waals surface area (Å²) in [7, 11) is 0. The minimum absolute atomic E-state index is 0. The van der Waals surface area contributed by atoms with E-state index in [1.165, 1.54) is 6.01 Å². The molecule has 41 valence electrons. The van der Waals surface area contributed by atoms with Gasteiger partial charge in [-0.1, -0.05) is 7.43 Å². The minimum Gasteiger partial charge on any atom is -0.422 e. The van der Waals surface area contributed by atoms with Crippen LogP contribution in [0.2, 0.25) is 0 Å². The van der Waals surface area contributed by atoms with E-state index < -0.39 is 5.96 Å². The number of rotatable bonds is 0. The first-order valence-electron chi connectivity index (χ1n) is 1.21. The number of aliphatic imine (C=N–C) groups is 1. The SMILES string of the molecule is C.[Hg+].[N-]=C=NC(=N)N. The van der Waals surface area contributed by atoms with Crippen LogP contribution in [-0.4, -0.2) is 12.0 Å². The molecule has 0 atom stereocenters. The van der Waals surface area contributed by atoms with Crippen LogP contribution in [0, 0.1) is 5.41 Å². The van der Waals surface area contributed by atoms with Crippen LogP contribution in [0.15, 0.2) is 4.99 Å². The quantitative estimate of drug-likeness (QED) is 0.375. The molecule has 0 saturated carbocycles. The van der Waals surface area contributed by atoms with E-state index in [4.69, 9.17) is 10.8 Å². The minimum atomic E-state index is -0.447. The fraction of sp³-hybridized carbons (Fsp3) is 0.333. The second-order valence-corrected chi connectivity index (χ2v) is 0.597. The first-order chi connectivity index (χ1) is 2.77. The number of hydrogen-bond acceptors (Lipinski definition) is 1. The Balaban J connectivity index is -0.000000125. The maximum absolute atomic E-state index is 7.60. The van der Waals surface area contributed by atoms with Crippen molar-refractivity contribution in [3.05, 3.63) is 5.41 Å². The van der Waals surface area contributed by atoms with Gasteiger partial charge in [0.15, 0.2) is 0 Å². The molecule has 0 fully saturated rings. The van der Waals surface area contributed by atoms with E-state index in [0.29, 0.717) is 0 Å². The van der Waals surface area contributed by atoms with Crippen LogP contribution in [0.25, 0.3) is 5.41 Å². The molecule has 0 aliphatic rings. The Hall–Kier alpha value is -0.215. The van der Waals surface area contributed by atoms with Gasteiger partial charge in [-0.05, 0) is 0 Å². The number of nitrogens with zero attached hydrogens (tertiary/aromatic N) is 2. The maximum atomic E-state index is 7.60. The zero-order chi connectivity index (χ0) is 4.99. The molecule has 4 nitrogen and oxygen atoms in total. The Morgan fingerprint density at radius 2 is 2.12 bits per heavy atom. The molecule has 0 aromatic carbocycles. The summed E-state index contributed by atoms with van der Waals surface area (Å²) in [5, 5.41) is 13.9. The van der Waals surface area contributed by atoms with E-state index in [1.807, 2.05) is 0 Å². The van der Waals surface area contributed by atoms with E-state index in [1.54, 1.807) is 0 Å². The van der Waals surface area contributed by atoms with E-state index in [9.17, 15) is 0 Å². The van der Waals surface area contributed by atoms with Crippen molar-refractivity contribution in [2.45, 2.75) is 7.43 Å². The summed E-state index contributed by atoms with van der Waals surface area (Å²) in [4.78, 5) is 2.79. The van der Waals surface area contributed by atoms with Gasteiger partial charge in [-0.25, -0.2) is 0 Å². The zero-order valence-electron chi connectivity index (χ0n) is 3.68. The van der Waals surface area contributed by atoms with Gasteiger partial charge < -0.3 is 16.1 Å². The third kappa shape index (κ3) is 17.1. The topological polar surface area (TPSA) is 84.5 Å². The van der Waals surface area contributed by atoms with Gasteiger partial charge in [0.1, 0.15) is 5.96 Å². The normalized spacial score (nSPS) is 4.50. The largest absolute Gasteiger partial charge is 1.00 e. The smallest absolute Gasteiger partial charge is 0.422 e. The number of guanidine groups is 1. The van der Waals surface area contributed by atoms with Crippen LogP contribution in [-0.2, 0) is 27.7 Å². The third-order valence-corrected chi connectivity index (χ3v) is 0.170.